The van der Waals surface area contributed by atoms with Gasteiger partial charge in [0.2, 0.25) is 5.91 Å². The lowest BCUT2D eigenvalue weighted by Gasteiger charge is -2.36. The van der Waals surface area contributed by atoms with Crippen LogP contribution in [-0.2, 0) is 11.3 Å². The van der Waals surface area contributed by atoms with Crippen LogP contribution in [0.15, 0.2) is 12.4 Å². The zero-order valence-corrected chi connectivity index (χ0v) is 12.7. The van der Waals surface area contributed by atoms with E-state index in [1.165, 1.54) is 0 Å². The van der Waals surface area contributed by atoms with Gasteiger partial charge in [-0.15, -0.1) is 0 Å². The van der Waals surface area contributed by atoms with Crippen LogP contribution < -0.4 is 5.73 Å². The summed E-state index contributed by atoms with van der Waals surface area (Å²) < 4.78 is 1.94. The molecule has 0 aliphatic carbocycles. The standard InChI is InChI=1S/C15H26N4O/c1-4-8-18-10-12(9-17-18)15-13(16)6-5-7-14(20)19(15)11(2)3/h9-11,13,15H,4-8,16H2,1-3H3. The van der Waals surface area contributed by atoms with Gasteiger partial charge in [0.1, 0.15) is 0 Å². The van der Waals surface area contributed by atoms with Crippen molar-refractivity contribution in [2.75, 3.05) is 0 Å². The van der Waals surface area contributed by atoms with Crippen LogP contribution >= 0.6 is 0 Å². The second-order valence-electron chi connectivity index (χ2n) is 5.93. The van der Waals surface area contributed by atoms with Crippen molar-refractivity contribution in [2.24, 2.45) is 5.73 Å². The van der Waals surface area contributed by atoms with Crippen molar-refractivity contribution < 1.29 is 4.79 Å². The van der Waals surface area contributed by atoms with Gasteiger partial charge < -0.3 is 10.6 Å². The Morgan fingerprint density at radius 2 is 2.25 bits per heavy atom. The number of amides is 1. The van der Waals surface area contributed by atoms with Crippen LogP contribution in [0.1, 0.15) is 58.1 Å². The molecule has 2 rings (SSSR count). The van der Waals surface area contributed by atoms with Gasteiger partial charge in [-0.1, -0.05) is 6.92 Å². The minimum atomic E-state index is -0.0457. The molecule has 1 fully saturated rings. The van der Waals surface area contributed by atoms with Crippen molar-refractivity contribution in [3.8, 4) is 0 Å². The molecule has 0 aromatic carbocycles. The summed E-state index contributed by atoms with van der Waals surface area (Å²) in [5.41, 5.74) is 7.42. The van der Waals surface area contributed by atoms with Gasteiger partial charge in [0, 0.05) is 36.8 Å². The third-order valence-electron chi connectivity index (χ3n) is 3.93. The monoisotopic (exact) mass is 278 g/mol. The fourth-order valence-corrected chi connectivity index (χ4v) is 3.04. The number of rotatable bonds is 4. The molecule has 2 atom stereocenters. The molecule has 1 aromatic heterocycles. The first-order chi connectivity index (χ1) is 9.54. The SMILES string of the molecule is CCCn1cc(C2C(N)CCCC(=O)N2C(C)C)cn1. The van der Waals surface area contributed by atoms with E-state index in [1.807, 2.05) is 22.0 Å². The Balaban J connectivity index is 2.32. The molecule has 5 nitrogen and oxygen atoms in total. The van der Waals surface area contributed by atoms with Crippen LogP contribution in [0, 0.1) is 0 Å². The van der Waals surface area contributed by atoms with E-state index in [4.69, 9.17) is 5.73 Å². The smallest absolute Gasteiger partial charge is 0.223 e. The van der Waals surface area contributed by atoms with E-state index < -0.39 is 0 Å². The minimum absolute atomic E-state index is 0.0110. The number of carbonyl (C=O) groups is 1. The predicted molar refractivity (Wildman–Crippen MR) is 79.1 cm³/mol. The van der Waals surface area contributed by atoms with Crippen molar-refractivity contribution in [2.45, 2.75) is 71.1 Å². The molecule has 1 saturated heterocycles. The first kappa shape index (κ1) is 15.0. The quantitative estimate of drug-likeness (QED) is 0.917. The molecule has 0 saturated carbocycles. The zero-order chi connectivity index (χ0) is 14.7. The average Bonchev–Trinajstić information content (AvgIpc) is 2.77. The molecule has 2 N–H and O–H groups in total. The van der Waals surface area contributed by atoms with E-state index in [-0.39, 0.29) is 24.0 Å². The van der Waals surface area contributed by atoms with E-state index in [2.05, 4.69) is 25.9 Å². The first-order valence-corrected chi connectivity index (χ1v) is 7.63. The Bertz CT molecular complexity index is 454. The summed E-state index contributed by atoms with van der Waals surface area (Å²) in [6.45, 7) is 7.14. The Labute approximate surface area is 121 Å². The summed E-state index contributed by atoms with van der Waals surface area (Å²) in [6, 6.07) is 0.102. The second kappa shape index (κ2) is 6.39. The molecular weight excluding hydrogens is 252 g/mol. The van der Waals surface area contributed by atoms with Crippen LogP contribution in [0.4, 0.5) is 0 Å². The van der Waals surface area contributed by atoms with E-state index >= 15 is 0 Å². The summed E-state index contributed by atoms with van der Waals surface area (Å²) in [6.07, 6.45) is 7.33. The zero-order valence-electron chi connectivity index (χ0n) is 12.7. The molecule has 112 valence electrons. The van der Waals surface area contributed by atoms with Gasteiger partial charge in [0.25, 0.3) is 0 Å². The molecule has 1 aliphatic rings. The molecule has 20 heavy (non-hydrogen) atoms. The lowest BCUT2D eigenvalue weighted by Crippen LogP contribution is -2.45. The lowest BCUT2D eigenvalue weighted by molar-refractivity contribution is -0.135. The van der Waals surface area contributed by atoms with E-state index in [0.717, 1.165) is 31.4 Å². The van der Waals surface area contributed by atoms with E-state index in [1.54, 1.807) is 0 Å². The van der Waals surface area contributed by atoms with Gasteiger partial charge in [-0.05, 0) is 33.1 Å². The average molecular weight is 278 g/mol. The number of hydrogen-bond acceptors (Lipinski definition) is 3. The summed E-state index contributed by atoms with van der Waals surface area (Å²) >= 11 is 0. The van der Waals surface area contributed by atoms with Gasteiger partial charge in [-0.25, -0.2) is 0 Å². The van der Waals surface area contributed by atoms with Crippen molar-refractivity contribution in [1.82, 2.24) is 14.7 Å². The summed E-state index contributed by atoms with van der Waals surface area (Å²) in [5, 5.41) is 4.39. The van der Waals surface area contributed by atoms with Gasteiger partial charge >= 0.3 is 0 Å². The number of carbonyl (C=O) groups excluding carboxylic acids is 1. The molecule has 1 aliphatic heterocycles. The molecule has 5 heteroatoms. The summed E-state index contributed by atoms with van der Waals surface area (Å²) in [5.74, 6) is 0.209. The maximum Gasteiger partial charge on any atom is 0.223 e. The predicted octanol–water partition coefficient (Wildman–Crippen LogP) is 2.08. The normalized spacial score (nSPS) is 24.2. The molecule has 0 spiro atoms. The van der Waals surface area contributed by atoms with E-state index in [0.29, 0.717) is 6.42 Å². The van der Waals surface area contributed by atoms with Crippen LogP contribution in [0.3, 0.4) is 0 Å². The molecule has 0 radical (unpaired) electrons. The number of likely N-dealkylation sites (tertiary alicyclic amines) is 1. The van der Waals surface area contributed by atoms with Crippen molar-refractivity contribution in [1.29, 1.82) is 0 Å². The number of aromatic nitrogens is 2. The number of hydrogen-bond donors (Lipinski definition) is 1. The largest absolute Gasteiger partial charge is 0.332 e. The maximum atomic E-state index is 12.4. The van der Waals surface area contributed by atoms with Crippen LogP contribution in [0.2, 0.25) is 0 Å². The maximum absolute atomic E-state index is 12.4. The van der Waals surface area contributed by atoms with Gasteiger partial charge in [-0.2, -0.15) is 5.10 Å². The molecule has 2 unspecified atom stereocenters. The first-order valence-electron chi connectivity index (χ1n) is 7.63. The topological polar surface area (TPSA) is 64.2 Å². The van der Waals surface area contributed by atoms with Gasteiger partial charge in [0.05, 0.1) is 12.2 Å². The minimum Gasteiger partial charge on any atom is -0.332 e. The highest BCUT2D eigenvalue weighted by molar-refractivity contribution is 5.77. The van der Waals surface area contributed by atoms with Crippen molar-refractivity contribution >= 4 is 5.91 Å². The molecule has 1 amide bonds. The number of nitrogens with two attached hydrogens (primary N) is 1. The van der Waals surface area contributed by atoms with Crippen molar-refractivity contribution in [3.63, 3.8) is 0 Å². The molecular formula is C15H26N4O. The van der Waals surface area contributed by atoms with Crippen LogP contribution in [-0.4, -0.2) is 32.7 Å². The summed E-state index contributed by atoms with van der Waals surface area (Å²) in [4.78, 5) is 14.3. The van der Waals surface area contributed by atoms with Crippen LogP contribution in [0.25, 0.3) is 0 Å². The Kier molecular flexibility index (Phi) is 4.81. The van der Waals surface area contributed by atoms with Gasteiger partial charge in [-0.3, -0.25) is 9.48 Å². The van der Waals surface area contributed by atoms with Crippen molar-refractivity contribution in [3.05, 3.63) is 18.0 Å². The fraction of sp³-hybridized carbons (Fsp3) is 0.733. The summed E-state index contributed by atoms with van der Waals surface area (Å²) in [7, 11) is 0. The third-order valence-corrected chi connectivity index (χ3v) is 3.93. The Hall–Kier alpha value is -1.36. The highest BCUT2D eigenvalue weighted by Gasteiger charge is 2.35. The molecule has 2 heterocycles. The fourth-order valence-electron chi connectivity index (χ4n) is 3.04. The van der Waals surface area contributed by atoms with E-state index in [9.17, 15) is 4.79 Å². The van der Waals surface area contributed by atoms with Crippen LogP contribution in [0.5, 0.6) is 0 Å². The Morgan fingerprint density at radius 3 is 2.90 bits per heavy atom. The van der Waals surface area contributed by atoms with Gasteiger partial charge in [0.15, 0.2) is 0 Å². The lowest BCUT2D eigenvalue weighted by atomic mass is 9.98. The number of nitrogens with zero attached hydrogens (tertiary/aromatic N) is 3. The highest BCUT2D eigenvalue weighted by Crippen LogP contribution is 2.31. The number of aryl methyl sites for hydroxylation is 1. The highest BCUT2D eigenvalue weighted by atomic mass is 16.2. The molecule has 0 bridgehead atoms. The third kappa shape index (κ3) is 3.03. The second-order valence-corrected chi connectivity index (χ2v) is 5.93. The Morgan fingerprint density at radius 1 is 1.50 bits per heavy atom. The molecule has 1 aromatic rings.